The largest absolute Gasteiger partial charge is 0.462 e. The summed E-state index contributed by atoms with van der Waals surface area (Å²) >= 11 is 0. The van der Waals surface area contributed by atoms with Gasteiger partial charge in [-0.25, -0.2) is 9.59 Å². The Morgan fingerprint density at radius 3 is 1.27 bits per heavy atom. The number of carbonyl (C=O) groups is 5. The molecule has 1 aromatic carbocycles. The Balaban J connectivity index is 2.59. The van der Waals surface area contributed by atoms with Gasteiger partial charge in [0.05, 0.1) is 6.42 Å². The molecule has 1 aromatic rings. The van der Waals surface area contributed by atoms with E-state index in [1.54, 1.807) is 45.0 Å². The van der Waals surface area contributed by atoms with Crippen molar-refractivity contribution in [3.8, 4) is 0 Å². The third kappa shape index (κ3) is 38.5. The van der Waals surface area contributed by atoms with Crippen molar-refractivity contribution >= 4 is 30.0 Å². The zero-order chi connectivity index (χ0) is 48.4. The van der Waals surface area contributed by atoms with Gasteiger partial charge in [-0.15, -0.1) is 0 Å². The van der Waals surface area contributed by atoms with Gasteiger partial charge >= 0.3 is 30.0 Å². The highest BCUT2D eigenvalue weighted by Gasteiger charge is 2.29. The number of amides is 1. The number of unbranched alkanes of at least 4 members (excludes halogenated alkanes) is 28. The molecule has 0 radical (unpaired) electrons. The van der Waals surface area contributed by atoms with Crippen molar-refractivity contribution in [1.29, 1.82) is 0 Å². The molecule has 0 aliphatic heterocycles. The Kier molecular flexibility index (Phi) is 38.0. The summed E-state index contributed by atoms with van der Waals surface area (Å²) in [6.45, 7) is 8.82. The van der Waals surface area contributed by atoms with Crippen LogP contribution in [0, 0.1) is 0 Å². The minimum Gasteiger partial charge on any atom is -0.462 e. The van der Waals surface area contributed by atoms with E-state index in [0.717, 1.165) is 44.1 Å². The molecule has 0 aliphatic rings. The van der Waals surface area contributed by atoms with Crippen molar-refractivity contribution in [3.63, 3.8) is 0 Å². The van der Waals surface area contributed by atoms with Gasteiger partial charge in [0.25, 0.3) is 0 Å². The van der Waals surface area contributed by atoms with Crippen molar-refractivity contribution in [2.75, 3.05) is 13.2 Å². The molecular weight excluding hydrogens is 835 g/mol. The molecule has 0 bridgehead atoms. The summed E-state index contributed by atoms with van der Waals surface area (Å²) in [6.07, 6.45) is 34.7. The number of nitrogens with one attached hydrogen (secondary N) is 1. The first kappa shape index (κ1) is 60.4. The smallest absolute Gasteiger partial charge is 0.408 e. The molecule has 66 heavy (non-hydrogen) atoms. The number of rotatable bonds is 43. The van der Waals surface area contributed by atoms with Crippen LogP contribution in [0.4, 0.5) is 4.79 Å². The summed E-state index contributed by atoms with van der Waals surface area (Å²) in [5, 5.41) is 2.42. The molecule has 0 saturated carbocycles. The molecule has 0 aromatic heterocycles. The van der Waals surface area contributed by atoms with E-state index in [2.05, 4.69) is 19.2 Å². The molecule has 1 amide bonds. The summed E-state index contributed by atoms with van der Waals surface area (Å²) in [6, 6.07) is 7.61. The molecule has 380 valence electrons. The molecule has 0 aliphatic carbocycles. The quantitative estimate of drug-likeness (QED) is 0.0382. The van der Waals surface area contributed by atoms with Gasteiger partial charge in [0, 0.05) is 12.8 Å². The van der Waals surface area contributed by atoms with Crippen LogP contribution in [0.25, 0.3) is 0 Å². The highest BCUT2D eigenvalue weighted by molar-refractivity contribution is 5.86. The van der Waals surface area contributed by atoms with Crippen molar-refractivity contribution in [2.45, 2.75) is 271 Å². The minimum atomic E-state index is -1.41. The second-order valence-electron chi connectivity index (χ2n) is 19.4. The lowest BCUT2D eigenvalue weighted by Gasteiger charge is -2.23. The van der Waals surface area contributed by atoms with Gasteiger partial charge in [-0.1, -0.05) is 224 Å². The van der Waals surface area contributed by atoms with Gasteiger partial charge in [-0.2, -0.15) is 0 Å². The summed E-state index contributed by atoms with van der Waals surface area (Å²) in [5.74, 6) is -2.55. The Labute approximate surface area is 401 Å². The zero-order valence-corrected chi connectivity index (χ0v) is 42.6. The molecule has 0 heterocycles. The standard InChI is InChI=1S/C55H95NO10/c1-6-8-10-12-14-16-18-20-22-24-26-28-30-32-37-41-50(57)62-45-48(65-51(58)42-38-33-31-29-27-25-23-21-19-17-15-13-11-9-7-2)46-63-52(59)43-49(56-54(61)66-55(3,4)5)53(60)64-44-47-39-35-34-36-40-47/h34-36,39-40,48-49H,6-33,37-38,41-46H2,1-5H3,(H,56,61)/t48?,49-/m0/s1. The number of alkyl carbamates (subject to hydrolysis) is 1. The predicted molar refractivity (Wildman–Crippen MR) is 265 cm³/mol. The zero-order valence-electron chi connectivity index (χ0n) is 42.6. The first-order valence-electron chi connectivity index (χ1n) is 26.6. The maximum Gasteiger partial charge on any atom is 0.408 e. The van der Waals surface area contributed by atoms with E-state index in [0.29, 0.717) is 12.8 Å². The van der Waals surface area contributed by atoms with Crippen molar-refractivity contribution in [2.24, 2.45) is 0 Å². The fraction of sp³-hybridized carbons (Fsp3) is 0.800. The van der Waals surface area contributed by atoms with Crippen molar-refractivity contribution in [3.05, 3.63) is 35.9 Å². The molecule has 11 heteroatoms. The van der Waals surface area contributed by atoms with Crippen LogP contribution in [0.5, 0.6) is 0 Å². The first-order chi connectivity index (χ1) is 31.9. The number of ether oxygens (including phenoxy) is 5. The highest BCUT2D eigenvalue weighted by Crippen LogP contribution is 2.17. The van der Waals surface area contributed by atoms with Gasteiger partial charge < -0.3 is 29.0 Å². The van der Waals surface area contributed by atoms with Crippen LogP contribution in [0.1, 0.15) is 252 Å². The van der Waals surface area contributed by atoms with Crippen LogP contribution in [0.3, 0.4) is 0 Å². The van der Waals surface area contributed by atoms with Crippen LogP contribution >= 0.6 is 0 Å². The summed E-state index contributed by atoms with van der Waals surface area (Å²) in [5.41, 5.74) is -0.122. The summed E-state index contributed by atoms with van der Waals surface area (Å²) in [7, 11) is 0. The van der Waals surface area contributed by atoms with Gasteiger partial charge in [0.2, 0.25) is 0 Å². The van der Waals surface area contributed by atoms with Crippen LogP contribution in [0.2, 0.25) is 0 Å². The summed E-state index contributed by atoms with van der Waals surface area (Å²) in [4.78, 5) is 64.6. The molecule has 0 spiro atoms. The average molecular weight is 930 g/mol. The van der Waals surface area contributed by atoms with E-state index in [1.165, 1.54) is 141 Å². The van der Waals surface area contributed by atoms with E-state index in [-0.39, 0.29) is 26.1 Å². The maximum atomic E-state index is 13.2. The fourth-order valence-corrected chi connectivity index (χ4v) is 7.78. The SMILES string of the molecule is CCCCCCCCCCCCCCCCCC(=O)OCC(COC(=O)C[C@H](NC(=O)OC(C)(C)C)C(=O)OCc1ccccc1)OC(=O)CCCCCCCCCCCCCCCCC. The van der Waals surface area contributed by atoms with Gasteiger partial charge in [0.1, 0.15) is 31.5 Å². The molecule has 0 fully saturated rings. The van der Waals surface area contributed by atoms with E-state index in [9.17, 15) is 24.0 Å². The summed E-state index contributed by atoms with van der Waals surface area (Å²) < 4.78 is 27.4. The normalized spacial score (nSPS) is 12.3. The van der Waals surface area contributed by atoms with Crippen LogP contribution in [0.15, 0.2) is 30.3 Å². The molecule has 1 N–H and O–H groups in total. The van der Waals surface area contributed by atoms with Gasteiger partial charge in [-0.05, 0) is 39.2 Å². The van der Waals surface area contributed by atoms with E-state index in [4.69, 9.17) is 23.7 Å². The third-order valence-electron chi connectivity index (χ3n) is 11.7. The Bertz CT molecular complexity index is 1360. The van der Waals surface area contributed by atoms with E-state index in [1.807, 2.05) is 6.07 Å². The molecule has 11 nitrogen and oxygen atoms in total. The lowest BCUT2D eigenvalue weighted by Crippen LogP contribution is -2.45. The third-order valence-corrected chi connectivity index (χ3v) is 11.7. The van der Waals surface area contributed by atoms with Crippen molar-refractivity contribution in [1.82, 2.24) is 5.32 Å². The molecular formula is C55H95NO10. The Morgan fingerprint density at radius 2 is 0.864 bits per heavy atom. The molecule has 0 saturated heterocycles. The molecule has 1 rings (SSSR count). The van der Waals surface area contributed by atoms with Crippen LogP contribution in [-0.2, 0) is 49.5 Å². The predicted octanol–water partition coefficient (Wildman–Crippen LogP) is 14.5. The first-order valence-corrected chi connectivity index (χ1v) is 26.6. The van der Waals surface area contributed by atoms with Crippen molar-refractivity contribution < 1.29 is 47.7 Å². The molecule has 2 atom stereocenters. The van der Waals surface area contributed by atoms with E-state index >= 15 is 0 Å². The second-order valence-corrected chi connectivity index (χ2v) is 19.4. The lowest BCUT2D eigenvalue weighted by atomic mass is 10.0. The second kappa shape index (κ2) is 41.5. The number of carbonyl (C=O) groups excluding carboxylic acids is 5. The number of hydrogen-bond acceptors (Lipinski definition) is 10. The Morgan fingerprint density at radius 1 is 0.485 bits per heavy atom. The maximum absolute atomic E-state index is 13.2. The monoisotopic (exact) mass is 930 g/mol. The average Bonchev–Trinajstić information content (AvgIpc) is 3.28. The Hall–Kier alpha value is -3.63. The van der Waals surface area contributed by atoms with Crippen LogP contribution < -0.4 is 5.32 Å². The number of esters is 4. The van der Waals surface area contributed by atoms with Gasteiger partial charge in [0.15, 0.2) is 6.10 Å². The topological polar surface area (TPSA) is 144 Å². The lowest BCUT2D eigenvalue weighted by molar-refractivity contribution is -0.167. The number of hydrogen-bond donors (Lipinski definition) is 1. The number of benzene rings is 1. The fourth-order valence-electron chi connectivity index (χ4n) is 7.78. The minimum absolute atomic E-state index is 0.0661. The molecule has 1 unspecified atom stereocenters. The van der Waals surface area contributed by atoms with Crippen LogP contribution in [-0.4, -0.2) is 60.9 Å². The highest BCUT2D eigenvalue weighted by atomic mass is 16.6. The van der Waals surface area contributed by atoms with Gasteiger partial charge in [-0.3, -0.25) is 14.4 Å². The van der Waals surface area contributed by atoms with E-state index < -0.39 is 60.7 Å².